The molecule has 1 aromatic heterocycles. The van der Waals surface area contributed by atoms with Gasteiger partial charge < -0.3 is 15.0 Å². The Balaban J connectivity index is 1.56. The van der Waals surface area contributed by atoms with Gasteiger partial charge in [-0.1, -0.05) is 43.3 Å². The summed E-state index contributed by atoms with van der Waals surface area (Å²) in [5.74, 6) is 0.918. The summed E-state index contributed by atoms with van der Waals surface area (Å²) in [6, 6.07) is 14.0. The van der Waals surface area contributed by atoms with Crippen LogP contribution in [0.5, 0.6) is 0 Å². The molecule has 1 aliphatic heterocycles. The summed E-state index contributed by atoms with van der Waals surface area (Å²) in [5, 5.41) is 3.03. The molecular weight excluding hydrogens is 314 g/mol. The molecule has 0 aliphatic carbocycles. The van der Waals surface area contributed by atoms with Crippen LogP contribution in [0.4, 0.5) is 5.82 Å². The van der Waals surface area contributed by atoms with Gasteiger partial charge in [0.25, 0.3) is 0 Å². The van der Waals surface area contributed by atoms with Crippen molar-refractivity contribution in [3.8, 4) is 0 Å². The second-order valence-corrected chi connectivity index (χ2v) is 6.21. The Morgan fingerprint density at radius 2 is 1.96 bits per heavy atom. The second-order valence-electron chi connectivity index (χ2n) is 6.21. The van der Waals surface area contributed by atoms with Crippen molar-refractivity contribution in [1.82, 2.24) is 10.3 Å². The zero-order valence-corrected chi connectivity index (χ0v) is 14.6. The Morgan fingerprint density at radius 3 is 2.60 bits per heavy atom. The number of carbonyl (C=O) groups is 1. The Labute approximate surface area is 149 Å². The van der Waals surface area contributed by atoms with Crippen molar-refractivity contribution in [1.29, 1.82) is 0 Å². The van der Waals surface area contributed by atoms with Crippen LogP contribution in [-0.2, 0) is 16.1 Å². The number of anilines is 1. The molecule has 0 radical (unpaired) electrons. The molecule has 2 aromatic rings. The van der Waals surface area contributed by atoms with Crippen molar-refractivity contribution in [2.24, 2.45) is 0 Å². The standard InChI is InChI=1S/C20H25N3O2/c1-2-18(17-6-4-3-5-7-17)20(24)22-15-16-8-9-19(21-14-16)23-10-12-25-13-11-23/h3-9,14,18H,2,10-13,15H2,1H3,(H,22,24)/t18-/m1/s1. The van der Waals surface area contributed by atoms with Crippen LogP contribution in [0.2, 0.25) is 0 Å². The molecule has 1 aliphatic rings. The number of nitrogens with zero attached hydrogens (tertiary/aromatic N) is 2. The molecule has 0 unspecified atom stereocenters. The summed E-state index contributed by atoms with van der Waals surface area (Å²) < 4.78 is 5.36. The van der Waals surface area contributed by atoms with Gasteiger partial charge in [-0.2, -0.15) is 0 Å². The molecule has 2 heterocycles. The molecule has 1 amide bonds. The first-order chi connectivity index (χ1) is 12.3. The smallest absolute Gasteiger partial charge is 0.227 e. The average Bonchev–Trinajstić information content (AvgIpc) is 2.69. The predicted octanol–water partition coefficient (Wildman–Crippen LogP) is 2.73. The van der Waals surface area contributed by atoms with Gasteiger partial charge in [0.05, 0.1) is 19.1 Å². The van der Waals surface area contributed by atoms with Crippen molar-refractivity contribution in [3.05, 3.63) is 59.8 Å². The maximum Gasteiger partial charge on any atom is 0.227 e. The van der Waals surface area contributed by atoms with Crippen molar-refractivity contribution in [2.75, 3.05) is 31.2 Å². The minimum absolute atomic E-state index is 0.0611. The number of hydrogen-bond acceptors (Lipinski definition) is 4. The number of morpholine rings is 1. The van der Waals surface area contributed by atoms with E-state index in [2.05, 4.69) is 15.2 Å². The summed E-state index contributed by atoms with van der Waals surface area (Å²) in [7, 11) is 0. The van der Waals surface area contributed by atoms with Crippen LogP contribution in [0.3, 0.4) is 0 Å². The van der Waals surface area contributed by atoms with E-state index < -0.39 is 0 Å². The zero-order valence-electron chi connectivity index (χ0n) is 14.6. The Hall–Kier alpha value is -2.40. The van der Waals surface area contributed by atoms with Crippen molar-refractivity contribution >= 4 is 11.7 Å². The maximum absolute atomic E-state index is 12.5. The minimum atomic E-state index is -0.109. The molecule has 1 atom stereocenters. The highest BCUT2D eigenvalue weighted by Gasteiger charge is 2.18. The van der Waals surface area contributed by atoms with Crippen LogP contribution in [0.15, 0.2) is 48.7 Å². The number of rotatable bonds is 6. The molecule has 1 aromatic carbocycles. The van der Waals surface area contributed by atoms with Crippen molar-refractivity contribution in [2.45, 2.75) is 25.8 Å². The molecule has 1 fully saturated rings. The molecule has 0 saturated carbocycles. The van der Waals surface area contributed by atoms with E-state index in [9.17, 15) is 4.79 Å². The normalized spacial score (nSPS) is 15.6. The fraction of sp³-hybridized carbons (Fsp3) is 0.400. The van der Waals surface area contributed by atoms with E-state index in [0.717, 1.165) is 49.7 Å². The van der Waals surface area contributed by atoms with Gasteiger partial charge >= 0.3 is 0 Å². The highest BCUT2D eigenvalue weighted by atomic mass is 16.5. The summed E-state index contributed by atoms with van der Waals surface area (Å²) in [4.78, 5) is 19.2. The van der Waals surface area contributed by atoms with E-state index in [1.54, 1.807) is 0 Å². The number of pyridine rings is 1. The first-order valence-electron chi connectivity index (χ1n) is 8.88. The van der Waals surface area contributed by atoms with E-state index in [1.807, 2.05) is 55.6 Å². The predicted molar refractivity (Wildman–Crippen MR) is 98.6 cm³/mol. The van der Waals surface area contributed by atoms with Crippen LogP contribution in [0, 0.1) is 0 Å². The first kappa shape index (κ1) is 17.4. The minimum Gasteiger partial charge on any atom is -0.378 e. The van der Waals surface area contributed by atoms with Crippen LogP contribution in [0.1, 0.15) is 30.4 Å². The van der Waals surface area contributed by atoms with E-state index in [-0.39, 0.29) is 11.8 Å². The number of amides is 1. The molecule has 1 N–H and O–H groups in total. The lowest BCUT2D eigenvalue weighted by Gasteiger charge is -2.27. The van der Waals surface area contributed by atoms with E-state index in [4.69, 9.17) is 4.74 Å². The third-order valence-corrected chi connectivity index (χ3v) is 4.54. The largest absolute Gasteiger partial charge is 0.378 e. The Kier molecular flexibility index (Phi) is 6.01. The summed E-state index contributed by atoms with van der Waals surface area (Å²) in [5.41, 5.74) is 2.07. The molecule has 5 heteroatoms. The second kappa shape index (κ2) is 8.62. The number of carbonyl (C=O) groups excluding carboxylic acids is 1. The quantitative estimate of drug-likeness (QED) is 0.879. The number of ether oxygens (including phenoxy) is 1. The van der Waals surface area contributed by atoms with Crippen molar-refractivity contribution < 1.29 is 9.53 Å². The SMILES string of the molecule is CC[C@@H](C(=O)NCc1ccc(N2CCOCC2)nc1)c1ccccc1. The van der Waals surface area contributed by atoms with Crippen LogP contribution in [-0.4, -0.2) is 37.2 Å². The number of aromatic nitrogens is 1. The summed E-state index contributed by atoms with van der Waals surface area (Å²) in [6.45, 7) is 5.78. The van der Waals surface area contributed by atoms with E-state index in [0.29, 0.717) is 6.54 Å². The van der Waals surface area contributed by atoms with Gasteiger partial charge in [-0.3, -0.25) is 4.79 Å². The fourth-order valence-electron chi connectivity index (χ4n) is 3.07. The van der Waals surface area contributed by atoms with Gasteiger partial charge in [-0.15, -0.1) is 0 Å². The Bertz CT molecular complexity index is 667. The highest BCUT2D eigenvalue weighted by Crippen LogP contribution is 2.19. The lowest BCUT2D eigenvalue weighted by Crippen LogP contribution is -2.36. The third kappa shape index (κ3) is 4.57. The molecule has 0 spiro atoms. The van der Waals surface area contributed by atoms with Gasteiger partial charge in [0, 0.05) is 25.8 Å². The topological polar surface area (TPSA) is 54.5 Å². The van der Waals surface area contributed by atoms with E-state index in [1.165, 1.54) is 0 Å². The van der Waals surface area contributed by atoms with Crippen LogP contribution >= 0.6 is 0 Å². The monoisotopic (exact) mass is 339 g/mol. The Morgan fingerprint density at radius 1 is 1.20 bits per heavy atom. The van der Waals surface area contributed by atoms with Gasteiger partial charge in [0.1, 0.15) is 5.82 Å². The van der Waals surface area contributed by atoms with Gasteiger partial charge in [-0.05, 0) is 23.6 Å². The molecule has 3 rings (SSSR count). The highest BCUT2D eigenvalue weighted by molar-refractivity contribution is 5.83. The molecule has 25 heavy (non-hydrogen) atoms. The number of benzene rings is 1. The van der Waals surface area contributed by atoms with Gasteiger partial charge in [0.2, 0.25) is 5.91 Å². The first-order valence-corrected chi connectivity index (χ1v) is 8.88. The van der Waals surface area contributed by atoms with Gasteiger partial charge in [0.15, 0.2) is 0 Å². The molecule has 1 saturated heterocycles. The lowest BCUT2D eigenvalue weighted by atomic mass is 9.95. The zero-order chi connectivity index (χ0) is 17.5. The number of hydrogen-bond donors (Lipinski definition) is 1. The maximum atomic E-state index is 12.5. The summed E-state index contributed by atoms with van der Waals surface area (Å²) >= 11 is 0. The van der Waals surface area contributed by atoms with Gasteiger partial charge in [-0.25, -0.2) is 4.98 Å². The fourth-order valence-corrected chi connectivity index (χ4v) is 3.07. The third-order valence-electron chi connectivity index (χ3n) is 4.54. The van der Waals surface area contributed by atoms with E-state index >= 15 is 0 Å². The summed E-state index contributed by atoms with van der Waals surface area (Å²) in [6.07, 6.45) is 2.62. The average molecular weight is 339 g/mol. The molecule has 5 nitrogen and oxygen atoms in total. The number of nitrogens with one attached hydrogen (secondary N) is 1. The van der Waals surface area contributed by atoms with Crippen molar-refractivity contribution in [3.63, 3.8) is 0 Å². The molecule has 132 valence electrons. The van der Waals surface area contributed by atoms with Crippen LogP contribution < -0.4 is 10.2 Å². The molecular formula is C20H25N3O2. The lowest BCUT2D eigenvalue weighted by molar-refractivity contribution is -0.122. The van der Waals surface area contributed by atoms with Crippen LogP contribution in [0.25, 0.3) is 0 Å². The molecule has 0 bridgehead atoms.